The van der Waals surface area contributed by atoms with Crippen molar-refractivity contribution < 1.29 is 62.5 Å². The van der Waals surface area contributed by atoms with Gasteiger partial charge in [-0.1, -0.05) is 38.0 Å². The Hall–Kier alpha value is -5.85. The number of allylic oxidation sites excluding steroid dienone is 1. The number of aromatic nitrogens is 1. The molecule has 3 aliphatic heterocycles. The number of rotatable bonds is 14. The number of ketones is 1. The number of amides is 2. The molecular formula is C48H57N3O14S. The van der Waals surface area contributed by atoms with Crippen LogP contribution in [0.3, 0.4) is 0 Å². The summed E-state index contributed by atoms with van der Waals surface area (Å²) in [6, 6.07) is 9.32. The van der Waals surface area contributed by atoms with Crippen LogP contribution in [-0.2, 0) is 49.5 Å². The molecule has 18 heteroatoms. The molecule has 4 heterocycles. The van der Waals surface area contributed by atoms with Crippen LogP contribution >= 0.6 is 11.3 Å². The Morgan fingerprint density at radius 1 is 1.08 bits per heavy atom. The van der Waals surface area contributed by atoms with Gasteiger partial charge in [-0.2, -0.15) is 0 Å². The van der Waals surface area contributed by atoms with Crippen LogP contribution in [0.4, 0.5) is 10.5 Å². The number of hydrogen-bond acceptors (Lipinski definition) is 16. The van der Waals surface area contributed by atoms with Gasteiger partial charge in [0.1, 0.15) is 24.6 Å². The number of imide groups is 1. The van der Waals surface area contributed by atoms with E-state index in [4.69, 9.17) is 23.7 Å². The third kappa shape index (κ3) is 12.1. The lowest BCUT2D eigenvalue weighted by atomic mass is 9.71. The van der Waals surface area contributed by atoms with E-state index in [0.717, 1.165) is 26.2 Å². The van der Waals surface area contributed by atoms with E-state index in [0.29, 0.717) is 50.5 Å². The SMILES string of the molecule is C=CC[C@H]1C(=O)C(C)(C)[C@@H](OC(=O)OCc2ccc(OC(=O)CCCCCN3C(=O)C=CC3=O)c([N+](=O)[O-])c2)CC(=O)O[C@H](c2ccc3sc(C)nc3c2)C[C@H]2O[C@@]2(C)CCC[C@H](C)[C@@H]1O. The predicted molar refractivity (Wildman–Crippen MR) is 240 cm³/mol. The highest BCUT2D eigenvalue weighted by atomic mass is 32.1. The molecule has 2 saturated heterocycles. The zero-order valence-electron chi connectivity index (χ0n) is 37.9. The summed E-state index contributed by atoms with van der Waals surface area (Å²) < 4.78 is 29.8. The third-order valence-electron chi connectivity index (χ3n) is 12.7. The minimum absolute atomic E-state index is 0.0784. The molecule has 1 aromatic heterocycles. The lowest BCUT2D eigenvalue weighted by Gasteiger charge is -2.37. The fourth-order valence-corrected chi connectivity index (χ4v) is 9.40. The van der Waals surface area contributed by atoms with Gasteiger partial charge in [-0.15, -0.1) is 17.9 Å². The summed E-state index contributed by atoms with van der Waals surface area (Å²) in [5.41, 5.74) is -1.04. The van der Waals surface area contributed by atoms with E-state index in [1.54, 1.807) is 11.3 Å². The lowest BCUT2D eigenvalue weighted by molar-refractivity contribution is -0.385. The van der Waals surface area contributed by atoms with Crippen molar-refractivity contribution in [2.24, 2.45) is 17.3 Å². The smallest absolute Gasteiger partial charge is 0.457 e. The number of carbonyl (C=O) groups excluding carboxylic acids is 6. The van der Waals surface area contributed by atoms with Crippen LogP contribution in [0.2, 0.25) is 0 Å². The Labute approximate surface area is 386 Å². The highest BCUT2D eigenvalue weighted by Gasteiger charge is 2.53. The number of thiazole rings is 1. The maximum absolute atomic E-state index is 14.5. The van der Waals surface area contributed by atoms with Gasteiger partial charge in [-0.05, 0) is 95.0 Å². The van der Waals surface area contributed by atoms with E-state index in [9.17, 15) is 44.0 Å². The number of aliphatic hydroxyl groups excluding tert-OH is 1. The number of fused-ring (bicyclic) bond motifs is 2. The average Bonchev–Trinajstić information content (AvgIpc) is 3.55. The molecule has 2 amide bonds. The first kappa shape index (κ1) is 49.6. The fourth-order valence-electron chi connectivity index (χ4n) is 8.59. The molecule has 0 saturated carbocycles. The van der Waals surface area contributed by atoms with Crippen molar-refractivity contribution in [3.05, 3.63) is 87.5 Å². The van der Waals surface area contributed by atoms with E-state index >= 15 is 0 Å². The molecule has 2 aromatic carbocycles. The molecule has 17 nitrogen and oxygen atoms in total. The van der Waals surface area contributed by atoms with Crippen molar-refractivity contribution in [1.29, 1.82) is 0 Å². The summed E-state index contributed by atoms with van der Waals surface area (Å²) in [5.74, 6) is -4.34. The van der Waals surface area contributed by atoms with Crippen LogP contribution in [0.25, 0.3) is 10.2 Å². The first-order chi connectivity index (χ1) is 31.3. The summed E-state index contributed by atoms with van der Waals surface area (Å²) in [6.45, 7) is 12.3. The molecule has 0 spiro atoms. The van der Waals surface area contributed by atoms with E-state index < -0.39 is 94.6 Å². The molecule has 0 bridgehead atoms. The predicted octanol–water partition coefficient (Wildman–Crippen LogP) is 8.12. The van der Waals surface area contributed by atoms with Crippen molar-refractivity contribution in [3.63, 3.8) is 0 Å². The summed E-state index contributed by atoms with van der Waals surface area (Å²) in [6.07, 6.45) is 2.20. The summed E-state index contributed by atoms with van der Waals surface area (Å²) in [5, 5.41) is 24.5. The van der Waals surface area contributed by atoms with Crippen molar-refractivity contribution in [1.82, 2.24) is 9.88 Å². The average molecular weight is 932 g/mol. The zero-order valence-corrected chi connectivity index (χ0v) is 38.7. The number of unbranched alkanes of at least 4 members (excludes halogenated alkanes) is 2. The maximum Gasteiger partial charge on any atom is 0.508 e. The molecule has 1 N–H and O–H groups in total. The van der Waals surface area contributed by atoms with E-state index in [1.807, 2.05) is 39.0 Å². The maximum atomic E-state index is 14.5. The molecule has 7 atom stereocenters. The number of cyclic esters (lactones) is 1. The van der Waals surface area contributed by atoms with Gasteiger partial charge in [0.15, 0.2) is 0 Å². The van der Waals surface area contributed by atoms with Gasteiger partial charge in [0, 0.05) is 43.5 Å². The molecule has 3 aromatic rings. The number of nitro groups is 1. The van der Waals surface area contributed by atoms with Crippen LogP contribution in [-0.4, -0.2) is 86.1 Å². The van der Waals surface area contributed by atoms with Gasteiger partial charge in [0.2, 0.25) is 5.75 Å². The number of nitrogens with zero attached hydrogens (tertiary/aromatic N) is 3. The Balaban J connectivity index is 1.16. The van der Waals surface area contributed by atoms with E-state index in [2.05, 4.69) is 11.6 Å². The van der Waals surface area contributed by atoms with Crippen molar-refractivity contribution in [3.8, 4) is 5.75 Å². The highest BCUT2D eigenvalue weighted by Crippen LogP contribution is 2.47. The van der Waals surface area contributed by atoms with Crippen LogP contribution in [0.1, 0.15) is 114 Å². The molecule has 6 rings (SSSR count). The number of ether oxygens (including phenoxy) is 5. The van der Waals surface area contributed by atoms with Crippen LogP contribution < -0.4 is 4.74 Å². The van der Waals surface area contributed by atoms with Crippen LogP contribution in [0, 0.1) is 34.3 Å². The molecule has 66 heavy (non-hydrogen) atoms. The minimum Gasteiger partial charge on any atom is -0.457 e. The molecule has 2 fully saturated rings. The molecule has 3 aliphatic rings. The Bertz CT molecular complexity index is 2380. The number of aryl methyl sites for hydroxylation is 1. The second-order valence-corrected chi connectivity index (χ2v) is 19.3. The van der Waals surface area contributed by atoms with Crippen molar-refractivity contribution in [2.45, 2.75) is 135 Å². The van der Waals surface area contributed by atoms with Gasteiger partial charge in [-0.25, -0.2) is 9.78 Å². The first-order valence-corrected chi connectivity index (χ1v) is 23.0. The van der Waals surface area contributed by atoms with Crippen LogP contribution in [0.5, 0.6) is 5.75 Å². The lowest BCUT2D eigenvalue weighted by Crippen LogP contribution is -2.48. The van der Waals surface area contributed by atoms with Gasteiger partial charge in [0.05, 0.1) is 49.8 Å². The Kier molecular flexibility index (Phi) is 15.9. The second-order valence-electron chi connectivity index (χ2n) is 18.0. The molecule has 0 aliphatic carbocycles. The summed E-state index contributed by atoms with van der Waals surface area (Å²) >= 11 is 1.54. The number of aliphatic hydroxyl groups is 1. The van der Waals surface area contributed by atoms with Crippen LogP contribution in [0.15, 0.2) is 61.2 Å². The largest absolute Gasteiger partial charge is 0.508 e. The quantitative estimate of drug-likeness (QED) is 0.0235. The van der Waals surface area contributed by atoms with Crippen molar-refractivity contribution >= 4 is 62.9 Å². The van der Waals surface area contributed by atoms with Crippen molar-refractivity contribution in [2.75, 3.05) is 6.54 Å². The van der Waals surface area contributed by atoms with E-state index in [1.165, 1.54) is 44.2 Å². The first-order valence-electron chi connectivity index (χ1n) is 22.2. The third-order valence-corrected chi connectivity index (χ3v) is 13.7. The fraction of sp³-hybridized carbons (Fsp3) is 0.521. The molecule has 0 radical (unpaired) electrons. The number of esters is 2. The van der Waals surface area contributed by atoms with Gasteiger partial charge >= 0.3 is 23.8 Å². The number of carbonyl (C=O) groups is 6. The number of Topliss-reactive ketones (excluding diaryl/α,β-unsaturated/α-hetero) is 1. The monoisotopic (exact) mass is 931 g/mol. The molecule has 0 unspecified atom stereocenters. The van der Waals surface area contributed by atoms with Gasteiger partial charge in [-0.3, -0.25) is 39.0 Å². The topological polar surface area (TPSA) is 231 Å². The molecular weight excluding hydrogens is 875 g/mol. The number of nitro benzene ring substituents is 1. The summed E-state index contributed by atoms with van der Waals surface area (Å²) in [4.78, 5) is 95.1. The normalized spacial score (nSPS) is 25.8. The zero-order chi connectivity index (χ0) is 47.9. The van der Waals surface area contributed by atoms with Gasteiger partial charge in [0.25, 0.3) is 11.8 Å². The van der Waals surface area contributed by atoms with E-state index in [-0.39, 0.29) is 42.7 Å². The standard InChI is InChI=1S/C48H57N3O14S/c1-7-12-32-44(56)28(2)13-11-21-48(6)39(65-48)25-36(31-16-18-37-33(24-31)49-29(3)66-37)63-43(55)26-38(47(4,5)45(32)57)64-46(58)61-27-30-15-17-35(34(23-30)51(59)60)62-42(54)14-9-8-10-22-50-40(52)19-20-41(50)53/h7,15-20,23-24,28,32,36,38-39,44,56H,1,8-14,21-22,25-27H2,2-6H3/t28-,32+,36-,38-,39+,44-,48-/m0/s1. The number of epoxide rings is 1. The Morgan fingerprint density at radius 3 is 2.53 bits per heavy atom. The molecule has 354 valence electrons. The number of benzene rings is 2. The Morgan fingerprint density at radius 2 is 1.82 bits per heavy atom. The van der Waals surface area contributed by atoms with Gasteiger partial charge < -0.3 is 28.8 Å². The summed E-state index contributed by atoms with van der Waals surface area (Å²) in [7, 11) is 0. The second kappa shape index (κ2) is 21.2. The highest BCUT2D eigenvalue weighted by molar-refractivity contribution is 7.18. The number of hydrogen-bond donors (Lipinski definition) is 1. The minimum atomic E-state index is -1.58.